The summed E-state index contributed by atoms with van der Waals surface area (Å²) >= 11 is 6.06. The molecule has 1 aromatic heterocycles. The molecule has 29 heavy (non-hydrogen) atoms. The van der Waals surface area contributed by atoms with E-state index in [9.17, 15) is 4.79 Å². The topological polar surface area (TPSA) is 94.0 Å². The van der Waals surface area contributed by atoms with E-state index in [0.29, 0.717) is 24.5 Å². The van der Waals surface area contributed by atoms with Gasteiger partial charge in [0.1, 0.15) is 0 Å². The summed E-state index contributed by atoms with van der Waals surface area (Å²) in [7, 11) is 0. The summed E-state index contributed by atoms with van der Waals surface area (Å²) in [5.74, 6) is 0.172. The summed E-state index contributed by atoms with van der Waals surface area (Å²) in [6, 6.07) is 7.97. The summed E-state index contributed by atoms with van der Waals surface area (Å²) in [4.78, 5) is 21.3. The highest BCUT2D eigenvalue weighted by Crippen LogP contribution is 2.25. The summed E-state index contributed by atoms with van der Waals surface area (Å²) in [6.45, 7) is 6.08. The van der Waals surface area contributed by atoms with Gasteiger partial charge < -0.3 is 10.2 Å². The molecule has 0 spiro atoms. The second-order valence-electron chi connectivity index (χ2n) is 7.09. The van der Waals surface area contributed by atoms with Gasteiger partial charge in [-0.3, -0.25) is 9.78 Å². The standard InChI is InChI=1S/C21H29ClN6O/c1-3-28(21(29)8-4-5-12-25-27-23)14-6-7-16(2)26-19-11-13-24-20-15-17(22)9-10-18(19)20/h9-11,13,15-16H,3-8,12,14H2,1-2H3,(H,24,26). The van der Waals surface area contributed by atoms with Crippen LogP contribution in [0, 0.1) is 0 Å². The molecule has 156 valence electrons. The molecule has 0 saturated carbocycles. The lowest BCUT2D eigenvalue weighted by Crippen LogP contribution is -2.32. The van der Waals surface area contributed by atoms with Gasteiger partial charge in [0.05, 0.1) is 5.52 Å². The van der Waals surface area contributed by atoms with E-state index in [4.69, 9.17) is 17.1 Å². The third kappa shape index (κ3) is 7.44. The van der Waals surface area contributed by atoms with E-state index < -0.39 is 0 Å². The Hall–Kier alpha value is -2.50. The fraction of sp³-hybridized carbons (Fsp3) is 0.524. The second-order valence-corrected chi connectivity index (χ2v) is 7.53. The number of anilines is 1. The number of amides is 1. The van der Waals surface area contributed by atoms with E-state index in [1.54, 1.807) is 6.20 Å². The molecule has 1 unspecified atom stereocenters. The molecule has 0 fully saturated rings. The molecule has 7 nitrogen and oxygen atoms in total. The van der Waals surface area contributed by atoms with Crippen LogP contribution in [0.5, 0.6) is 0 Å². The van der Waals surface area contributed by atoms with Crippen molar-refractivity contribution in [3.8, 4) is 0 Å². The van der Waals surface area contributed by atoms with Crippen molar-refractivity contribution in [2.45, 2.75) is 52.0 Å². The van der Waals surface area contributed by atoms with E-state index in [-0.39, 0.29) is 11.9 Å². The van der Waals surface area contributed by atoms with Crippen LogP contribution in [0.3, 0.4) is 0 Å². The lowest BCUT2D eigenvalue weighted by Gasteiger charge is -2.22. The number of hydrogen-bond acceptors (Lipinski definition) is 4. The average molecular weight is 417 g/mol. The first-order valence-electron chi connectivity index (χ1n) is 10.1. The minimum absolute atomic E-state index is 0.172. The van der Waals surface area contributed by atoms with Gasteiger partial charge in [0.15, 0.2) is 0 Å². The molecule has 0 radical (unpaired) electrons. The van der Waals surface area contributed by atoms with Gasteiger partial charge in [0.25, 0.3) is 0 Å². The van der Waals surface area contributed by atoms with E-state index in [2.05, 4.69) is 27.3 Å². The molecule has 0 bridgehead atoms. The molecule has 0 aliphatic heterocycles. The molecular weight excluding hydrogens is 388 g/mol. The van der Waals surface area contributed by atoms with Crippen molar-refractivity contribution in [2.24, 2.45) is 5.11 Å². The van der Waals surface area contributed by atoms with E-state index in [0.717, 1.165) is 48.8 Å². The van der Waals surface area contributed by atoms with Crippen molar-refractivity contribution in [2.75, 3.05) is 25.0 Å². The molecule has 1 atom stereocenters. The third-order valence-electron chi connectivity index (χ3n) is 4.87. The van der Waals surface area contributed by atoms with Gasteiger partial charge in [0, 0.05) is 59.3 Å². The maximum atomic E-state index is 12.3. The molecular formula is C21H29ClN6O. The summed E-state index contributed by atoms with van der Waals surface area (Å²) in [6.07, 6.45) is 5.69. The van der Waals surface area contributed by atoms with Crippen LogP contribution in [-0.4, -0.2) is 41.5 Å². The Bertz CT molecular complexity index is 852. The first kappa shape index (κ1) is 22.8. The van der Waals surface area contributed by atoms with Gasteiger partial charge in [-0.15, -0.1) is 0 Å². The van der Waals surface area contributed by atoms with Crippen LogP contribution < -0.4 is 5.32 Å². The second kappa shape index (κ2) is 12.1. The number of fused-ring (bicyclic) bond motifs is 1. The maximum absolute atomic E-state index is 12.3. The Morgan fingerprint density at radius 2 is 2.17 bits per heavy atom. The summed E-state index contributed by atoms with van der Waals surface area (Å²) in [5.41, 5.74) is 10.2. The minimum atomic E-state index is 0.172. The van der Waals surface area contributed by atoms with Crippen LogP contribution in [0.1, 0.15) is 46.0 Å². The lowest BCUT2D eigenvalue weighted by atomic mass is 10.1. The summed E-state index contributed by atoms with van der Waals surface area (Å²) in [5, 5.41) is 8.78. The zero-order valence-corrected chi connectivity index (χ0v) is 17.9. The number of nitrogens with zero attached hydrogens (tertiary/aromatic N) is 5. The van der Waals surface area contributed by atoms with Crippen LogP contribution in [0.15, 0.2) is 35.6 Å². The van der Waals surface area contributed by atoms with Crippen LogP contribution in [0.2, 0.25) is 5.02 Å². The van der Waals surface area contributed by atoms with Crippen LogP contribution in [0.4, 0.5) is 5.69 Å². The van der Waals surface area contributed by atoms with Crippen molar-refractivity contribution in [3.63, 3.8) is 0 Å². The number of carbonyl (C=O) groups excluding carboxylic acids is 1. The predicted molar refractivity (Wildman–Crippen MR) is 119 cm³/mol. The quantitative estimate of drug-likeness (QED) is 0.205. The Labute approximate surface area is 177 Å². The molecule has 2 aromatic rings. The number of rotatable bonds is 12. The number of unbranched alkanes of at least 4 members (excludes halogenated alkanes) is 1. The van der Waals surface area contributed by atoms with E-state index in [1.165, 1.54) is 0 Å². The molecule has 0 aliphatic rings. The van der Waals surface area contributed by atoms with Crippen molar-refractivity contribution in [3.05, 3.63) is 45.9 Å². The van der Waals surface area contributed by atoms with Gasteiger partial charge in [-0.05, 0) is 69.3 Å². The van der Waals surface area contributed by atoms with Crippen LogP contribution in [-0.2, 0) is 4.79 Å². The molecule has 2 rings (SSSR count). The number of carbonyl (C=O) groups is 1. The van der Waals surface area contributed by atoms with Crippen molar-refractivity contribution < 1.29 is 4.79 Å². The highest BCUT2D eigenvalue weighted by atomic mass is 35.5. The number of halogens is 1. The predicted octanol–water partition coefficient (Wildman–Crippen LogP) is 5.80. The molecule has 1 heterocycles. The third-order valence-corrected chi connectivity index (χ3v) is 5.10. The van der Waals surface area contributed by atoms with Crippen molar-refractivity contribution in [1.29, 1.82) is 0 Å². The van der Waals surface area contributed by atoms with Crippen molar-refractivity contribution in [1.82, 2.24) is 9.88 Å². The molecule has 1 amide bonds. The Morgan fingerprint density at radius 3 is 2.93 bits per heavy atom. The molecule has 0 saturated heterocycles. The molecule has 1 N–H and O–H groups in total. The number of nitrogens with one attached hydrogen (secondary N) is 1. The normalized spacial score (nSPS) is 11.7. The summed E-state index contributed by atoms with van der Waals surface area (Å²) < 4.78 is 0. The molecule has 0 aliphatic carbocycles. The SMILES string of the molecule is CCN(CCCC(C)Nc1ccnc2cc(Cl)ccc12)C(=O)CCCCN=[N+]=[N-]. The lowest BCUT2D eigenvalue weighted by molar-refractivity contribution is -0.131. The molecule has 1 aromatic carbocycles. The van der Waals surface area contributed by atoms with E-state index >= 15 is 0 Å². The zero-order chi connectivity index (χ0) is 21.1. The number of hydrogen-bond donors (Lipinski definition) is 1. The van der Waals surface area contributed by atoms with Gasteiger partial charge >= 0.3 is 0 Å². The fourth-order valence-corrected chi connectivity index (χ4v) is 3.46. The highest BCUT2D eigenvalue weighted by molar-refractivity contribution is 6.31. The largest absolute Gasteiger partial charge is 0.382 e. The van der Waals surface area contributed by atoms with Gasteiger partial charge in [-0.1, -0.05) is 16.7 Å². The van der Waals surface area contributed by atoms with Crippen LogP contribution in [0.25, 0.3) is 21.3 Å². The number of pyridine rings is 1. The minimum Gasteiger partial charge on any atom is -0.382 e. The maximum Gasteiger partial charge on any atom is 0.222 e. The zero-order valence-electron chi connectivity index (χ0n) is 17.1. The highest BCUT2D eigenvalue weighted by Gasteiger charge is 2.12. The Kier molecular flexibility index (Phi) is 9.54. The Balaban J connectivity index is 1.79. The van der Waals surface area contributed by atoms with Gasteiger partial charge in [-0.25, -0.2) is 0 Å². The monoisotopic (exact) mass is 416 g/mol. The number of aromatic nitrogens is 1. The van der Waals surface area contributed by atoms with Crippen LogP contribution >= 0.6 is 11.6 Å². The fourth-order valence-electron chi connectivity index (χ4n) is 3.29. The molecule has 8 heteroatoms. The Morgan fingerprint density at radius 1 is 1.34 bits per heavy atom. The number of azide groups is 1. The average Bonchev–Trinajstić information content (AvgIpc) is 2.71. The smallest absolute Gasteiger partial charge is 0.222 e. The van der Waals surface area contributed by atoms with Crippen molar-refractivity contribution >= 4 is 34.1 Å². The number of benzene rings is 1. The first-order chi connectivity index (χ1) is 14.0. The first-order valence-corrected chi connectivity index (χ1v) is 10.5. The van der Waals surface area contributed by atoms with Gasteiger partial charge in [-0.2, -0.15) is 0 Å². The van der Waals surface area contributed by atoms with Gasteiger partial charge in [0.2, 0.25) is 5.91 Å². The van der Waals surface area contributed by atoms with E-state index in [1.807, 2.05) is 36.1 Å².